The average Bonchev–Trinajstić information content (AvgIpc) is 3.31. The van der Waals surface area contributed by atoms with Gasteiger partial charge in [0.15, 0.2) is 5.65 Å². The van der Waals surface area contributed by atoms with E-state index in [9.17, 15) is 31.5 Å². The van der Waals surface area contributed by atoms with Gasteiger partial charge in [0.2, 0.25) is 11.8 Å². The molecule has 1 saturated heterocycles. The third-order valence-electron chi connectivity index (χ3n) is 9.00. The molecular weight excluding hydrogens is 563 g/mol. The number of carbonyl (C=O) groups excluding carboxylic acids is 2. The van der Waals surface area contributed by atoms with Crippen molar-refractivity contribution in [2.24, 2.45) is 17.8 Å². The molecule has 3 fully saturated rings. The Hall–Kier alpha value is -3.58. The molecule has 0 bridgehead atoms. The highest BCUT2D eigenvalue weighted by atomic mass is 19.4. The smallest absolute Gasteiger partial charge is 0.364 e. The number of carbonyl (C=O) groups is 2. The van der Waals surface area contributed by atoms with Crippen LogP contribution in [0.15, 0.2) is 29.1 Å². The van der Waals surface area contributed by atoms with Crippen LogP contribution in [0.1, 0.15) is 85.4 Å². The number of piperidine rings is 1. The molecule has 0 radical (unpaired) electrons. The standard InChI is InChI=1S/C28H31F5N6O3/c1-26(8-9-26)23-19(14-42-38-23)25(41)36-22(15-4-6-27(29,30)7-5-15)20-13-39-21(35-20)3-2-18(37-39)11-16-10-17(28(31,32)33)12-34-24(16)40/h2-3,13-17,22H,4-12H2,1H3,(H,34,40)(H,36,41)/t16?,17-,22+/m1/s1. The van der Waals surface area contributed by atoms with E-state index in [4.69, 9.17) is 4.52 Å². The zero-order chi connectivity index (χ0) is 29.9. The van der Waals surface area contributed by atoms with Crippen LogP contribution in [0.25, 0.3) is 5.65 Å². The highest BCUT2D eigenvalue weighted by Crippen LogP contribution is 2.48. The van der Waals surface area contributed by atoms with Gasteiger partial charge in [-0.3, -0.25) is 9.59 Å². The molecule has 9 nitrogen and oxygen atoms in total. The minimum Gasteiger partial charge on any atom is -0.364 e. The molecule has 3 aromatic rings. The summed E-state index contributed by atoms with van der Waals surface area (Å²) in [6.45, 7) is 1.56. The topological polar surface area (TPSA) is 114 Å². The Morgan fingerprint density at radius 1 is 1.21 bits per heavy atom. The summed E-state index contributed by atoms with van der Waals surface area (Å²) in [7, 11) is 0. The summed E-state index contributed by atoms with van der Waals surface area (Å²) >= 11 is 0. The van der Waals surface area contributed by atoms with Gasteiger partial charge in [0.1, 0.15) is 17.5 Å². The third kappa shape index (κ3) is 5.71. The number of nitrogens with one attached hydrogen (secondary N) is 2. The summed E-state index contributed by atoms with van der Waals surface area (Å²) in [6, 6.07) is 2.53. The zero-order valence-electron chi connectivity index (χ0n) is 22.9. The van der Waals surface area contributed by atoms with E-state index in [1.807, 2.05) is 6.92 Å². The van der Waals surface area contributed by atoms with Crippen molar-refractivity contribution >= 4 is 17.5 Å². The van der Waals surface area contributed by atoms with E-state index in [1.54, 1.807) is 18.3 Å². The van der Waals surface area contributed by atoms with Gasteiger partial charge in [-0.25, -0.2) is 18.3 Å². The molecule has 2 amide bonds. The average molecular weight is 595 g/mol. The van der Waals surface area contributed by atoms with Crippen molar-refractivity contribution in [1.82, 2.24) is 30.4 Å². The largest absolute Gasteiger partial charge is 0.393 e. The molecule has 1 unspecified atom stereocenters. The van der Waals surface area contributed by atoms with Gasteiger partial charge >= 0.3 is 6.18 Å². The zero-order valence-corrected chi connectivity index (χ0v) is 22.9. The lowest BCUT2D eigenvalue weighted by molar-refractivity contribution is -0.183. The number of hydrogen-bond acceptors (Lipinski definition) is 6. The number of alkyl halides is 5. The van der Waals surface area contributed by atoms with Crippen molar-refractivity contribution in [3.8, 4) is 0 Å². The van der Waals surface area contributed by atoms with Crippen molar-refractivity contribution in [2.45, 2.75) is 81.8 Å². The maximum Gasteiger partial charge on any atom is 0.393 e. The number of fused-ring (bicyclic) bond motifs is 1. The van der Waals surface area contributed by atoms with Gasteiger partial charge in [0.25, 0.3) is 5.91 Å². The first-order valence-electron chi connectivity index (χ1n) is 14.1. The van der Waals surface area contributed by atoms with Gasteiger partial charge in [0, 0.05) is 37.1 Å². The van der Waals surface area contributed by atoms with Crippen LogP contribution >= 0.6 is 0 Å². The number of nitrogens with zero attached hydrogens (tertiary/aromatic N) is 4. The van der Waals surface area contributed by atoms with E-state index in [0.29, 0.717) is 28.3 Å². The number of halogens is 5. The molecule has 3 aromatic heterocycles. The van der Waals surface area contributed by atoms with E-state index in [1.165, 1.54) is 10.8 Å². The number of hydrogen-bond donors (Lipinski definition) is 2. The summed E-state index contributed by atoms with van der Waals surface area (Å²) < 4.78 is 74.4. The fraction of sp³-hybridized carbons (Fsp3) is 0.607. The van der Waals surface area contributed by atoms with E-state index in [2.05, 4.69) is 25.9 Å². The first-order chi connectivity index (χ1) is 19.8. The Bertz CT molecular complexity index is 1490. The summed E-state index contributed by atoms with van der Waals surface area (Å²) in [5.74, 6) is -6.48. The molecule has 226 valence electrons. The third-order valence-corrected chi connectivity index (χ3v) is 9.00. The molecule has 1 aliphatic heterocycles. The predicted octanol–water partition coefficient (Wildman–Crippen LogP) is 4.92. The number of aromatic nitrogens is 4. The maximum absolute atomic E-state index is 14.0. The number of imidazole rings is 1. The van der Waals surface area contributed by atoms with Crippen LogP contribution in [0.5, 0.6) is 0 Å². The second-order valence-electron chi connectivity index (χ2n) is 12.2. The molecule has 2 N–H and O–H groups in total. The van der Waals surface area contributed by atoms with E-state index >= 15 is 0 Å². The predicted molar refractivity (Wildman–Crippen MR) is 138 cm³/mol. The Labute approximate surface area is 237 Å². The normalized spacial score (nSPS) is 24.8. The van der Waals surface area contributed by atoms with Crippen LogP contribution < -0.4 is 10.6 Å². The molecule has 42 heavy (non-hydrogen) atoms. The fourth-order valence-electron chi connectivity index (χ4n) is 6.08. The summed E-state index contributed by atoms with van der Waals surface area (Å²) in [4.78, 5) is 30.4. The van der Waals surface area contributed by atoms with Crippen molar-refractivity contribution in [3.63, 3.8) is 0 Å². The number of amides is 2. The van der Waals surface area contributed by atoms with Gasteiger partial charge < -0.3 is 15.2 Å². The van der Waals surface area contributed by atoms with Gasteiger partial charge in [-0.1, -0.05) is 12.1 Å². The highest BCUT2D eigenvalue weighted by molar-refractivity contribution is 5.95. The van der Waals surface area contributed by atoms with E-state index < -0.39 is 48.3 Å². The fourth-order valence-corrected chi connectivity index (χ4v) is 6.08. The van der Waals surface area contributed by atoms with Crippen molar-refractivity contribution in [3.05, 3.63) is 47.2 Å². The lowest BCUT2D eigenvalue weighted by Crippen LogP contribution is -2.47. The molecule has 14 heteroatoms. The summed E-state index contributed by atoms with van der Waals surface area (Å²) in [5, 5.41) is 13.9. The molecule has 0 spiro atoms. The molecule has 3 atom stereocenters. The van der Waals surface area contributed by atoms with Crippen LogP contribution in [-0.2, 0) is 16.6 Å². The van der Waals surface area contributed by atoms with Crippen molar-refractivity contribution in [1.29, 1.82) is 0 Å². The monoisotopic (exact) mass is 594 g/mol. The van der Waals surface area contributed by atoms with Crippen LogP contribution in [0, 0.1) is 17.8 Å². The van der Waals surface area contributed by atoms with E-state index in [0.717, 1.165) is 12.8 Å². The maximum atomic E-state index is 14.0. The minimum atomic E-state index is -4.41. The lowest BCUT2D eigenvalue weighted by Gasteiger charge is -2.33. The van der Waals surface area contributed by atoms with Gasteiger partial charge in [0.05, 0.1) is 29.5 Å². The molecule has 2 saturated carbocycles. The van der Waals surface area contributed by atoms with Crippen LogP contribution in [0.2, 0.25) is 0 Å². The SMILES string of the molecule is CC1(c2nocc2C(=O)N[C@H](c2cn3nc(CC4C[C@@H](C(F)(F)F)CNC4=O)ccc3n2)C2CCC(F)(F)CC2)CC1. The Balaban J connectivity index is 1.25. The summed E-state index contributed by atoms with van der Waals surface area (Å²) in [6.07, 6.45) is -0.349. The minimum absolute atomic E-state index is 0.00870. The van der Waals surface area contributed by atoms with Gasteiger partial charge in [-0.2, -0.15) is 18.3 Å². The number of rotatable bonds is 7. The van der Waals surface area contributed by atoms with Crippen LogP contribution in [0.3, 0.4) is 0 Å². The van der Waals surface area contributed by atoms with Crippen molar-refractivity contribution in [2.75, 3.05) is 6.54 Å². The molecule has 4 heterocycles. The van der Waals surface area contributed by atoms with Crippen molar-refractivity contribution < 1.29 is 36.1 Å². The second kappa shape index (κ2) is 10.3. The Morgan fingerprint density at radius 2 is 1.95 bits per heavy atom. The molecule has 2 aliphatic carbocycles. The van der Waals surface area contributed by atoms with E-state index in [-0.39, 0.29) is 49.9 Å². The first-order valence-corrected chi connectivity index (χ1v) is 14.1. The van der Waals surface area contributed by atoms with Crippen LogP contribution in [0.4, 0.5) is 22.0 Å². The second-order valence-corrected chi connectivity index (χ2v) is 12.2. The molecular formula is C28H31F5N6O3. The lowest BCUT2D eigenvalue weighted by atomic mass is 9.81. The summed E-state index contributed by atoms with van der Waals surface area (Å²) in [5.41, 5.74) is 1.86. The Kier molecular flexibility index (Phi) is 7.00. The Morgan fingerprint density at radius 3 is 2.64 bits per heavy atom. The van der Waals surface area contributed by atoms with Crippen LogP contribution in [-0.4, -0.2) is 50.2 Å². The molecule has 6 rings (SSSR count). The quantitative estimate of drug-likeness (QED) is 0.376. The molecule has 3 aliphatic rings. The van der Waals surface area contributed by atoms with Gasteiger partial charge in [-0.05, 0) is 50.2 Å². The van der Waals surface area contributed by atoms with Gasteiger partial charge in [-0.15, -0.1) is 0 Å². The highest BCUT2D eigenvalue weighted by Gasteiger charge is 2.46. The first kappa shape index (κ1) is 28.5. The molecule has 0 aromatic carbocycles.